The van der Waals surface area contributed by atoms with Crippen molar-refractivity contribution in [2.75, 3.05) is 6.54 Å². The lowest BCUT2D eigenvalue weighted by atomic mass is 9.93. The molecule has 0 aromatic heterocycles. The summed E-state index contributed by atoms with van der Waals surface area (Å²) in [7, 11) is 0. The highest BCUT2D eigenvalue weighted by atomic mass is 35.5. The van der Waals surface area contributed by atoms with E-state index in [-0.39, 0.29) is 22.2 Å². The van der Waals surface area contributed by atoms with Crippen LogP contribution in [0.5, 0.6) is 5.75 Å². The molecule has 0 saturated carbocycles. The number of carbonyl (C=O) groups excluding carboxylic acids is 1. The largest absolute Gasteiger partial charge is 0.508 e. The van der Waals surface area contributed by atoms with Gasteiger partial charge in [-0.25, -0.2) is 0 Å². The van der Waals surface area contributed by atoms with Gasteiger partial charge in [-0.05, 0) is 18.2 Å². The standard InChI is InChI=1S/C12H15ClN2O2S/c1-12(2,11(14)18)6-15-10(17)8-5-7(16)3-4-9(8)13/h3-5,16H,6H2,1-2H3,(H2,14,18)(H,15,17). The first-order valence-corrected chi connectivity index (χ1v) is 6.09. The number of phenols is 1. The number of rotatable bonds is 4. The van der Waals surface area contributed by atoms with E-state index in [2.05, 4.69) is 5.32 Å². The molecule has 0 spiro atoms. The number of amides is 1. The summed E-state index contributed by atoms with van der Waals surface area (Å²) in [6.45, 7) is 3.96. The van der Waals surface area contributed by atoms with Gasteiger partial charge in [-0.2, -0.15) is 0 Å². The first kappa shape index (κ1) is 14.7. The fourth-order valence-electron chi connectivity index (χ4n) is 1.17. The van der Waals surface area contributed by atoms with E-state index in [0.717, 1.165) is 0 Å². The molecule has 4 nitrogen and oxygen atoms in total. The predicted octanol–water partition coefficient (Wildman–Crippen LogP) is 2.09. The molecule has 4 N–H and O–H groups in total. The Bertz CT molecular complexity index is 489. The molecule has 0 bridgehead atoms. The number of carbonyl (C=O) groups is 1. The zero-order chi connectivity index (χ0) is 13.9. The van der Waals surface area contributed by atoms with Crippen LogP contribution >= 0.6 is 23.8 Å². The Labute approximate surface area is 116 Å². The van der Waals surface area contributed by atoms with Crippen molar-refractivity contribution < 1.29 is 9.90 Å². The first-order chi connectivity index (χ1) is 8.24. The number of hydrogen-bond acceptors (Lipinski definition) is 3. The Kier molecular flexibility index (Phi) is 4.53. The molecule has 0 radical (unpaired) electrons. The van der Waals surface area contributed by atoms with Gasteiger partial charge < -0.3 is 16.2 Å². The van der Waals surface area contributed by atoms with Gasteiger partial charge in [-0.3, -0.25) is 4.79 Å². The summed E-state index contributed by atoms with van der Waals surface area (Å²) in [6, 6.07) is 4.19. The Hall–Kier alpha value is -1.33. The molecule has 0 heterocycles. The number of nitrogens with two attached hydrogens (primary N) is 1. The van der Waals surface area contributed by atoms with Crippen molar-refractivity contribution in [3.8, 4) is 5.75 Å². The fraction of sp³-hybridized carbons (Fsp3) is 0.333. The zero-order valence-electron chi connectivity index (χ0n) is 10.2. The van der Waals surface area contributed by atoms with Gasteiger partial charge in [0.15, 0.2) is 0 Å². The summed E-state index contributed by atoms with van der Waals surface area (Å²) in [5.41, 5.74) is 5.30. The molecule has 0 atom stereocenters. The van der Waals surface area contributed by atoms with Crippen LogP contribution in [0.4, 0.5) is 0 Å². The molecular formula is C12H15ClN2O2S. The normalized spacial score (nSPS) is 11.1. The second-order valence-corrected chi connectivity index (χ2v) is 5.44. The molecule has 0 unspecified atom stereocenters. The molecule has 0 aliphatic heterocycles. The molecule has 98 valence electrons. The van der Waals surface area contributed by atoms with Crippen molar-refractivity contribution in [2.24, 2.45) is 11.1 Å². The maximum Gasteiger partial charge on any atom is 0.252 e. The number of thiocarbonyl (C=S) groups is 1. The highest BCUT2D eigenvalue weighted by Gasteiger charge is 2.23. The van der Waals surface area contributed by atoms with E-state index in [9.17, 15) is 9.90 Å². The van der Waals surface area contributed by atoms with Crippen LogP contribution in [-0.4, -0.2) is 22.5 Å². The van der Waals surface area contributed by atoms with Crippen molar-refractivity contribution in [2.45, 2.75) is 13.8 Å². The first-order valence-electron chi connectivity index (χ1n) is 5.30. The predicted molar refractivity (Wildman–Crippen MR) is 76.0 cm³/mol. The Morgan fingerprint density at radius 2 is 2.17 bits per heavy atom. The Balaban J connectivity index is 2.78. The minimum atomic E-state index is -0.478. The van der Waals surface area contributed by atoms with E-state index in [1.54, 1.807) is 0 Å². The molecule has 6 heteroatoms. The van der Waals surface area contributed by atoms with Crippen LogP contribution in [0.15, 0.2) is 18.2 Å². The van der Waals surface area contributed by atoms with E-state index in [1.807, 2.05) is 13.8 Å². The average molecular weight is 287 g/mol. The maximum absolute atomic E-state index is 11.9. The maximum atomic E-state index is 11.9. The van der Waals surface area contributed by atoms with Gasteiger partial charge in [-0.1, -0.05) is 37.7 Å². The van der Waals surface area contributed by atoms with Crippen molar-refractivity contribution in [1.29, 1.82) is 0 Å². The topological polar surface area (TPSA) is 75.3 Å². The molecule has 1 aromatic rings. The van der Waals surface area contributed by atoms with Gasteiger partial charge in [0, 0.05) is 12.0 Å². The number of aromatic hydroxyl groups is 1. The zero-order valence-corrected chi connectivity index (χ0v) is 11.7. The van der Waals surface area contributed by atoms with Crippen LogP contribution in [0, 0.1) is 5.41 Å². The van der Waals surface area contributed by atoms with Crippen molar-refractivity contribution >= 4 is 34.7 Å². The molecule has 1 rings (SSSR count). The van der Waals surface area contributed by atoms with Gasteiger partial charge in [0.05, 0.1) is 15.6 Å². The second-order valence-electron chi connectivity index (χ2n) is 4.59. The molecule has 18 heavy (non-hydrogen) atoms. The summed E-state index contributed by atoms with van der Waals surface area (Å²) in [5, 5.41) is 12.3. The Morgan fingerprint density at radius 1 is 1.56 bits per heavy atom. The third kappa shape index (κ3) is 3.58. The molecule has 0 saturated heterocycles. The summed E-state index contributed by atoms with van der Waals surface area (Å²) >= 11 is 10.8. The van der Waals surface area contributed by atoms with Crippen LogP contribution in [0.3, 0.4) is 0 Å². The number of halogens is 1. The number of hydrogen-bond donors (Lipinski definition) is 3. The summed E-state index contributed by atoms with van der Waals surface area (Å²) < 4.78 is 0. The lowest BCUT2D eigenvalue weighted by Crippen LogP contribution is -2.41. The van der Waals surface area contributed by atoms with Gasteiger partial charge in [-0.15, -0.1) is 0 Å². The summed E-state index contributed by atoms with van der Waals surface area (Å²) in [5.74, 6) is -0.390. The molecule has 0 fully saturated rings. The number of nitrogens with one attached hydrogen (secondary N) is 1. The number of phenolic OH excluding ortho intramolecular Hbond substituents is 1. The van der Waals surface area contributed by atoms with E-state index >= 15 is 0 Å². The lowest BCUT2D eigenvalue weighted by Gasteiger charge is -2.23. The van der Waals surface area contributed by atoms with Crippen molar-refractivity contribution in [3.05, 3.63) is 28.8 Å². The van der Waals surface area contributed by atoms with Gasteiger partial charge >= 0.3 is 0 Å². The van der Waals surface area contributed by atoms with Gasteiger partial charge in [0.25, 0.3) is 5.91 Å². The third-order valence-corrected chi connectivity index (χ3v) is 3.43. The third-order valence-electron chi connectivity index (χ3n) is 2.55. The van der Waals surface area contributed by atoms with E-state index in [1.165, 1.54) is 18.2 Å². The van der Waals surface area contributed by atoms with Crippen molar-refractivity contribution in [1.82, 2.24) is 5.32 Å². The van der Waals surface area contributed by atoms with Crippen LogP contribution in [0.2, 0.25) is 5.02 Å². The van der Waals surface area contributed by atoms with Crippen LogP contribution < -0.4 is 11.1 Å². The molecule has 1 aromatic carbocycles. The van der Waals surface area contributed by atoms with Crippen LogP contribution in [0.1, 0.15) is 24.2 Å². The second kappa shape index (κ2) is 5.54. The summed E-state index contributed by atoms with van der Waals surface area (Å²) in [6.07, 6.45) is 0. The average Bonchev–Trinajstić information content (AvgIpc) is 2.29. The minimum absolute atomic E-state index is 0.0156. The van der Waals surface area contributed by atoms with E-state index in [0.29, 0.717) is 11.5 Å². The highest BCUT2D eigenvalue weighted by Crippen LogP contribution is 2.21. The van der Waals surface area contributed by atoms with Crippen LogP contribution in [-0.2, 0) is 0 Å². The van der Waals surface area contributed by atoms with E-state index < -0.39 is 5.41 Å². The SMILES string of the molecule is CC(C)(CNC(=O)c1cc(O)ccc1Cl)C(N)=S. The van der Waals surface area contributed by atoms with E-state index in [4.69, 9.17) is 29.6 Å². The lowest BCUT2D eigenvalue weighted by molar-refractivity contribution is 0.0945. The molecule has 0 aliphatic rings. The van der Waals surface area contributed by atoms with Crippen LogP contribution in [0.25, 0.3) is 0 Å². The summed E-state index contributed by atoms with van der Waals surface area (Å²) in [4.78, 5) is 12.2. The molecule has 0 aliphatic carbocycles. The van der Waals surface area contributed by atoms with Gasteiger partial charge in [0.1, 0.15) is 5.75 Å². The smallest absolute Gasteiger partial charge is 0.252 e. The molecule has 1 amide bonds. The minimum Gasteiger partial charge on any atom is -0.508 e. The monoisotopic (exact) mass is 286 g/mol. The van der Waals surface area contributed by atoms with Gasteiger partial charge in [0.2, 0.25) is 0 Å². The van der Waals surface area contributed by atoms with Crippen molar-refractivity contribution in [3.63, 3.8) is 0 Å². The quantitative estimate of drug-likeness (QED) is 0.741. The fourth-order valence-corrected chi connectivity index (χ4v) is 1.45. The number of benzene rings is 1. The Morgan fingerprint density at radius 3 is 2.72 bits per heavy atom. The highest BCUT2D eigenvalue weighted by molar-refractivity contribution is 7.80. The molecular weight excluding hydrogens is 272 g/mol.